The number of hydrogen-bond donors (Lipinski definition) is 3. The maximum absolute atomic E-state index is 12.9. The van der Waals surface area contributed by atoms with Crippen LogP contribution in [0.2, 0.25) is 0 Å². The Hall–Kier alpha value is -1.94. The van der Waals surface area contributed by atoms with Crippen LogP contribution in [0.5, 0.6) is 0 Å². The fraction of sp³-hybridized carbons (Fsp3) is 0.935. The van der Waals surface area contributed by atoms with Crippen molar-refractivity contribution in [1.82, 2.24) is 0 Å². The third kappa shape index (κ3) is 56.9. The summed E-state index contributed by atoms with van der Waals surface area (Å²) < 4.78 is 67.7. The summed E-state index contributed by atoms with van der Waals surface area (Å²) in [5.41, 5.74) is 0. The van der Waals surface area contributed by atoms with Crippen molar-refractivity contribution < 1.29 is 80.2 Å². The Balaban J connectivity index is 5.14. The second-order valence-corrected chi connectivity index (χ2v) is 25.4. The van der Waals surface area contributed by atoms with Gasteiger partial charge in [-0.15, -0.1) is 0 Å². The Morgan fingerprint density at radius 3 is 0.728 bits per heavy atom. The average molecular weight is 1200 g/mol. The maximum Gasteiger partial charge on any atom is 0.472 e. The number of ether oxygens (including phenoxy) is 4. The molecule has 0 amide bonds. The zero-order chi connectivity index (χ0) is 59.8. The summed E-state index contributed by atoms with van der Waals surface area (Å²) in [5.74, 6) is -2.14. The lowest BCUT2D eigenvalue weighted by atomic mass is 10.0. The number of carbonyl (C=O) groups excluding carboxylic acids is 4. The Morgan fingerprint density at radius 2 is 0.494 bits per heavy atom. The van der Waals surface area contributed by atoms with Gasteiger partial charge in [0.25, 0.3) is 0 Å². The van der Waals surface area contributed by atoms with Gasteiger partial charge in [0, 0.05) is 25.7 Å². The molecule has 0 bridgehead atoms. The minimum Gasteiger partial charge on any atom is -0.462 e. The second kappa shape index (κ2) is 57.2. The molecule has 0 saturated heterocycles. The highest BCUT2D eigenvalue weighted by Crippen LogP contribution is 2.45. The van der Waals surface area contributed by atoms with Gasteiger partial charge in [0.1, 0.15) is 19.3 Å². The zero-order valence-corrected chi connectivity index (χ0v) is 53.5. The van der Waals surface area contributed by atoms with Gasteiger partial charge in [0.15, 0.2) is 12.2 Å². The highest BCUT2D eigenvalue weighted by atomic mass is 31.2. The normalized spacial score (nSPS) is 14.2. The number of phosphoric acid groups is 2. The van der Waals surface area contributed by atoms with E-state index in [2.05, 4.69) is 27.7 Å². The van der Waals surface area contributed by atoms with Gasteiger partial charge in [-0.05, 0) is 25.7 Å². The molecular formula is C62H120O17P2. The number of phosphoric ester groups is 2. The van der Waals surface area contributed by atoms with Crippen LogP contribution in [0, 0.1) is 0 Å². The number of hydrogen-bond acceptors (Lipinski definition) is 15. The first-order valence-corrected chi connectivity index (χ1v) is 35.8. The number of rotatable bonds is 63. The lowest BCUT2D eigenvalue weighted by Gasteiger charge is -2.21. The van der Waals surface area contributed by atoms with Crippen molar-refractivity contribution in [2.45, 2.75) is 335 Å². The number of aliphatic hydroxyl groups excluding tert-OH is 1. The molecule has 0 radical (unpaired) electrons. The molecule has 0 fully saturated rings. The van der Waals surface area contributed by atoms with Crippen LogP contribution in [-0.2, 0) is 65.4 Å². The van der Waals surface area contributed by atoms with E-state index in [9.17, 15) is 43.2 Å². The summed E-state index contributed by atoms with van der Waals surface area (Å²) in [6, 6.07) is 0. The first-order chi connectivity index (χ1) is 39.2. The molecule has 0 aromatic heterocycles. The Labute approximate surface area is 492 Å². The van der Waals surface area contributed by atoms with Crippen molar-refractivity contribution in [2.24, 2.45) is 0 Å². The molecule has 0 aliphatic carbocycles. The average Bonchev–Trinajstić information content (AvgIpc) is 3.44. The molecule has 81 heavy (non-hydrogen) atoms. The molecular weight excluding hydrogens is 1080 g/mol. The lowest BCUT2D eigenvalue weighted by Crippen LogP contribution is -2.30. The van der Waals surface area contributed by atoms with Crippen LogP contribution in [0.1, 0.15) is 317 Å². The minimum atomic E-state index is -4.94. The van der Waals surface area contributed by atoms with E-state index in [1.165, 1.54) is 135 Å². The van der Waals surface area contributed by atoms with E-state index in [0.717, 1.165) is 103 Å². The summed E-state index contributed by atoms with van der Waals surface area (Å²) in [6.45, 7) is 4.81. The highest BCUT2D eigenvalue weighted by Gasteiger charge is 2.30. The largest absolute Gasteiger partial charge is 0.472 e. The molecule has 0 heterocycles. The smallest absolute Gasteiger partial charge is 0.462 e. The molecule has 0 saturated carbocycles. The van der Waals surface area contributed by atoms with E-state index in [1.807, 2.05) is 0 Å². The van der Waals surface area contributed by atoms with Crippen LogP contribution < -0.4 is 0 Å². The van der Waals surface area contributed by atoms with Gasteiger partial charge < -0.3 is 33.8 Å². The molecule has 0 aliphatic heterocycles. The van der Waals surface area contributed by atoms with Gasteiger partial charge in [0.2, 0.25) is 0 Å². The molecule has 2 unspecified atom stereocenters. The summed E-state index contributed by atoms with van der Waals surface area (Å²) in [6.07, 6.45) is 41.8. The molecule has 0 spiro atoms. The fourth-order valence-corrected chi connectivity index (χ4v) is 10.9. The van der Waals surface area contributed by atoms with Crippen molar-refractivity contribution in [3.8, 4) is 0 Å². The number of esters is 4. The van der Waals surface area contributed by atoms with Gasteiger partial charge in [-0.2, -0.15) is 0 Å². The van der Waals surface area contributed by atoms with E-state index in [0.29, 0.717) is 25.7 Å². The third-order valence-corrected chi connectivity index (χ3v) is 16.3. The molecule has 0 aliphatic rings. The van der Waals surface area contributed by atoms with E-state index in [4.69, 9.17) is 37.0 Å². The SMILES string of the molecule is CCCCCCCCCCCCCCCCCC(=O)O[C@H](COC(=O)CCCCCCCC)COP(=O)(O)OC[C@H](O)COP(=O)(O)OC[C@@H](COC(=O)CCCCCCCCCCCCC)OC(=O)CCCCCCCCCCC. The number of carbonyl (C=O) groups is 4. The van der Waals surface area contributed by atoms with Gasteiger partial charge in [-0.3, -0.25) is 37.3 Å². The van der Waals surface area contributed by atoms with Gasteiger partial charge >= 0.3 is 39.5 Å². The summed E-state index contributed by atoms with van der Waals surface area (Å²) in [4.78, 5) is 71.9. The van der Waals surface area contributed by atoms with Gasteiger partial charge in [0.05, 0.1) is 26.4 Å². The standard InChI is InChI=1S/C62H120O17P2/c1-5-9-13-17-21-24-26-27-28-29-31-34-37-41-45-49-62(67)78-57(52-72-59(64)46-42-38-20-16-12-8-4)54-76-80(68,69)74-50-56(63)51-75-81(70,71)77-55-58(79-61(66)48-44-40-36-32-23-19-15-11-7-3)53-73-60(65)47-43-39-35-33-30-25-22-18-14-10-6-2/h56-58,63H,5-55H2,1-4H3,(H,68,69)(H,70,71)/t56-,57+,58+/m0/s1. The molecule has 0 rings (SSSR count). The van der Waals surface area contributed by atoms with Crippen LogP contribution in [0.3, 0.4) is 0 Å². The van der Waals surface area contributed by atoms with Gasteiger partial charge in [-0.1, -0.05) is 265 Å². The van der Waals surface area contributed by atoms with E-state index in [1.54, 1.807) is 0 Å². The molecule has 0 aromatic rings. The lowest BCUT2D eigenvalue weighted by molar-refractivity contribution is -0.161. The zero-order valence-electron chi connectivity index (χ0n) is 51.7. The Bertz CT molecular complexity index is 1570. The summed E-state index contributed by atoms with van der Waals surface area (Å²) in [5, 5.41) is 10.5. The highest BCUT2D eigenvalue weighted by molar-refractivity contribution is 7.47. The predicted molar refractivity (Wildman–Crippen MR) is 322 cm³/mol. The van der Waals surface area contributed by atoms with Crippen molar-refractivity contribution >= 4 is 39.5 Å². The first kappa shape index (κ1) is 79.1. The van der Waals surface area contributed by atoms with E-state index < -0.39 is 97.5 Å². The molecule has 0 aromatic carbocycles. The molecule has 17 nitrogen and oxygen atoms in total. The topological polar surface area (TPSA) is 237 Å². The fourth-order valence-electron chi connectivity index (χ4n) is 9.28. The summed E-state index contributed by atoms with van der Waals surface area (Å²) in [7, 11) is -9.87. The van der Waals surface area contributed by atoms with Crippen LogP contribution in [0.4, 0.5) is 0 Å². The number of aliphatic hydroxyl groups is 1. The van der Waals surface area contributed by atoms with Crippen molar-refractivity contribution in [3.63, 3.8) is 0 Å². The summed E-state index contributed by atoms with van der Waals surface area (Å²) >= 11 is 0. The monoisotopic (exact) mass is 1200 g/mol. The molecule has 5 atom stereocenters. The quantitative estimate of drug-likeness (QED) is 0.0222. The molecule has 19 heteroatoms. The maximum atomic E-state index is 12.9. The predicted octanol–water partition coefficient (Wildman–Crippen LogP) is 17.2. The molecule has 3 N–H and O–H groups in total. The number of unbranched alkanes of at least 4 members (excludes halogenated alkanes) is 37. The van der Waals surface area contributed by atoms with E-state index >= 15 is 0 Å². The third-order valence-electron chi connectivity index (χ3n) is 14.4. The van der Waals surface area contributed by atoms with Crippen LogP contribution in [0.15, 0.2) is 0 Å². The van der Waals surface area contributed by atoms with Crippen molar-refractivity contribution in [2.75, 3.05) is 39.6 Å². The van der Waals surface area contributed by atoms with Crippen LogP contribution in [0.25, 0.3) is 0 Å². The minimum absolute atomic E-state index is 0.106. The first-order valence-electron chi connectivity index (χ1n) is 32.8. The van der Waals surface area contributed by atoms with Crippen LogP contribution in [-0.4, -0.2) is 96.7 Å². The Kier molecular flexibility index (Phi) is 55.8. The second-order valence-electron chi connectivity index (χ2n) is 22.4. The van der Waals surface area contributed by atoms with Crippen LogP contribution >= 0.6 is 15.6 Å². The van der Waals surface area contributed by atoms with Crippen molar-refractivity contribution in [1.29, 1.82) is 0 Å². The van der Waals surface area contributed by atoms with Gasteiger partial charge in [-0.25, -0.2) is 9.13 Å². The van der Waals surface area contributed by atoms with E-state index in [-0.39, 0.29) is 25.7 Å². The molecule has 480 valence electrons. The van der Waals surface area contributed by atoms with Crippen molar-refractivity contribution in [3.05, 3.63) is 0 Å². The Morgan fingerprint density at radius 1 is 0.296 bits per heavy atom.